The molecule has 3 heteroatoms. The number of Topliss-reactive ketones (excluding diaryl/α,β-unsaturated/α-hetero) is 1. The van der Waals surface area contributed by atoms with Crippen molar-refractivity contribution in [3.63, 3.8) is 0 Å². The smallest absolute Gasteiger partial charge is 0.182 e. The van der Waals surface area contributed by atoms with Gasteiger partial charge in [0.25, 0.3) is 0 Å². The van der Waals surface area contributed by atoms with Crippen molar-refractivity contribution in [1.82, 2.24) is 4.57 Å². The van der Waals surface area contributed by atoms with Crippen molar-refractivity contribution >= 4 is 16.7 Å². The number of carbonyl (C=O) groups excluding carboxylic acids is 1. The fourth-order valence-electron chi connectivity index (χ4n) is 2.64. The summed E-state index contributed by atoms with van der Waals surface area (Å²) in [4.78, 5) is 12.3. The fourth-order valence-corrected chi connectivity index (χ4v) is 2.64. The number of hydrogen-bond donors (Lipinski definition) is 0. The van der Waals surface area contributed by atoms with Gasteiger partial charge in [-0.15, -0.1) is 0 Å². The first-order valence-electron chi connectivity index (χ1n) is 7.04. The highest BCUT2D eigenvalue weighted by Crippen LogP contribution is 2.21. The summed E-state index contributed by atoms with van der Waals surface area (Å²) in [6.45, 7) is 2.38. The van der Waals surface area contributed by atoms with Gasteiger partial charge in [-0.3, -0.25) is 4.79 Å². The average Bonchev–Trinajstić information content (AvgIpc) is 2.91. The molecule has 1 heterocycles. The lowest BCUT2D eigenvalue weighted by Crippen LogP contribution is -2.10. The molecule has 3 rings (SSSR count). The van der Waals surface area contributed by atoms with E-state index in [0.29, 0.717) is 5.56 Å². The van der Waals surface area contributed by atoms with Gasteiger partial charge in [-0.05, 0) is 47.7 Å². The van der Waals surface area contributed by atoms with Crippen LogP contribution in [0.3, 0.4) is 0 Å². The first-order valence-corrected chi connectivity index (χ1v) is 7.04. The second kappa shape index (κ2) is 5.52. The predicted octanol–water partition coefficient (Wildman–Crippen LogP) is 4.23. The normalized spacial score (nSPS) is 11.0. The van der Waals surface area contributed by atoms with Crippen LogP contribution in [-0.2, 0) is 13.0 Å². The number of fused-ring (bicyclic) bond motifs is 1. The number of halogens is 1. The monoisotopic (exact) mass is 281 g/mol. The van der Waals surface area contributed by atoms with Crippen LogP contribution in [0, 0.1) is 5.82 Å². The molecule has 0 fully saturated rings. The molecule has 0 radical (unpaired) electrons. The first-order chi connectivity index (χ1) is 10.2. The molecule has 0 N–H and O–H groups in total. The molecule has 0 unspecified atom stereocenters. The van der Waals surface area contributed by atoms with E-state index in [-0.39, 0.29) is 18.1 Å². The molecule has 0 aliphatic carbocycles. The van der Waals surface area contributed by atoms with Crippen molar-refractivity contribution in [2.45, 2.75) is 19.9 Å². The van der Waals surface area contributed by atoms with E-state index in [0.717, 1.165) is 17.3 Å². The van der Waals surface area contributed by atoms with Gasteiger partial charge < -0.3 is 4.57 Å². The summed E-state index contributed by atoms with van der Waals surface area (Å²) in [6.07, 6.45) is 2.86. The maximum atomic E-state index is 12.9. The van der Waals surface area contributed by atoms with Crippen molar-refractivity contribution < 1.29 is 9.18 Å². The number of benzene rings is 2. The zero-order valence-corrected chi connectivity index (χ0v) is 11.8. The average molecular weight is 281 g/mol. The highest BCUT2D eigenvalue weighted by atomic mass is 19.1. The third-order valence-electron chi connectivity index (χ3n) is 3.73. The van der Waals surface area contributed by atoms with E-state index in [1.165, 1.54) is 29.8 Å². The van der Waals surface area contributed by atoms with Crippen LogP contribution in [0.25, 0.3) is 10.9 Å². The molecule has 0 bridgehead atoms. The predicted molar refractivity (Wildman–Crippen MR) is 82.0 cm³/mol. The molecular weight excluding hydrogens is 265 g/mol. The lowest BCUT2D eigenvalue weighted by atomic mass is 10.1. The lowest BCUT2D eigenvalue weighted by Gasteiger charge is -2.08. The Bertz CT molecular complexity index is 787. The third kappa shape index (κ3) is 2.59. The van der Waals surface area contributed by atoms with Crippen LogP contribution >= 0.6 is 0 Å². The van der Waals surface area contributed by atoms with Crippen molar-refractivity contribution in [1.29, 1.82) is 0 Å². The zero-order valence-electron chi connectivity index (χ0n) is 11.8. The Morgan fingerprint density at radius 2 is 1.86 bits per heavy atom. The number of aryl methyl sites for hydroxylation is 1. The first kappa shape index (κ1) is 13.6. The van der Waals surface area contributed by atoms with Gasteiger partial charge in [-0.1, -0.05) is 25.1 Å². The van der Waals surface area contributed by atoms with Gasteiger partial charge in [0, 0.05) is 11.8 Å². The maximum Gasteiger partial charge on any atom is 0.182 e. The summed E-state index contributed by atoms with van der Waals surface area (Å²) >= 11 is 0. The van der Waals surface area contributed by atoms with Crippen LogP contribution < -0.4 is 0 Å². The van der Waals surface area contributed by atoms with Gasteiger partial charge in [-0.2, -0.15) is 0 Å². The topological polar surface area (TPSA) is 22.0 Å². The van der Waals surface area contributed by atoms with Crippen molar-refractivity contribution in [2.75, 3.05) is 0 Å². The molecule has 0 aliphatic rings. The second-order valence-corrected chi connectivity index (χ2v) is 5.08. The number of carbonyl (C=O) groups is 1. The quantitative estimate of drug-likeness (QED) is 0.656. The van der Waals surface area contributed by atoms with Crippen LogP contribution in [0.4, 0.5) is 4.39 Å². The van der Waals surface area contributed by atoms with Crippen LogP contribution in [0.5, 0.6) is 0 Å². The Hall–Kier alpha value is -2.42. The van der Waals surface area contributed by atoms with E-state index in [1.54, 1.807) is 0 Å². The minimum atomic E-state index is -0.328. The molecule has 3 aromatic rings. The van der Waals surface area contributed by atoms with Gasteiger partial charge in [0.2, 0.25) is 0 Å². The Morgan fingerprint density at radius 3 is 2.57 bits per heavy atom. The molecular formula is C18H16FNO. The Labute approximate surface area is 122 Å². The van der Waals surface area contributed by atoms with Gasteiger partial charge >= 0.3 is 0 Å². The number of ketones is 1. The minimum Gasteiger partial charge on any atom is -0.339 e. The molecule has 106 valence electrons. The minimum absolute atomic E-state index is 0.0154. The Balaban J connectivity index is 1.94. The molecule has 0 amide bonds. The Kier molecular flexibility index (Phi) is 3.57. The number of aromatic nitrogens is 1. The fraction of sp³-hybridized carbons (Fsp3) is 0.167. The molecule has 2 aromatic carbocycles. The number of rotatable bonds is 4. The molecule has 1 aromatic heterocycles. The lowest BCUT2D eigenvalue weighted by molar-refractivity contribution is 0.0973. The van der Waals surface area contributed by atoms with E-state index in [4.69, 9.17) is 0 Å². The standard InChI is InChI=1S/C18H16FNO/c1-2-13-4-3-5-15-10-11-20(18(13)15)12-17(21)14-6-8-16(19)9-7-14/h3-11H,2,12H2,1H3. The number of nitrogens with zero attached hydrogens (tertiary/aromatic N) is 1. The van der Waals surface area contributed by atoms with E-state index in [1.807, 2.05) is 29.0 Å². The van der Waals surface area contributed by atoms with Crippen LogP contribution in [0.2, 0.25) is 0 Å². The molecule has 2 nitrogen and oxygen atoms in total. The van der Waals surface area contributed by atoms with E-state index < -0.39 is 0 Å². The summed E-state index contributed by atoms with van der Waals surface area (Å²) < 4.78 is 14.9. The van der Waals surface area contributed by atoms with Gasteiger partial charge in [-0.25, -0.2) is 4.39 Å². The van der Waals surface area contributed by atoms with Crippen molar-refractivity contribution in [2.24, 2.45) is 0 Å². The molecule has 0 spiro atoms. The highest BCUT2D eigenvalue weighted by Gasteiger charge is 2.10. The number of para-hydroxylation sites is 1. The molecule has 0 saturated heterocycles. The van der Waals surface area contributed by atoms with E-state index in [9.17, 15) is 9.18 Å². The SMILES string of the molecule is CCc1cccc2ccn(CC(=O)c3ccc(F)cc3)c12. The second-order valence-electron chi connectivity index (χ2n) is 5.08. The summed E-state index contributed by atoms with van der Waals surface area (Å²) in [5.74, 6) is -0.343. The molecule has 0 aliphatic heterocycles. The Morgan fingerprint density at radius 1 is 1.10 bits per heavy atom. The van der Waals surface area contributed by atoms with Crippen molar-refractivity contribution in [3.8, 4) is 0 Å². The van der Waals surface area contributed by atoms with Crippen LogP contribution in [0.1, 0.15) is 22.8 Å². The summed E-state index contributed by atoms with van der Waals surface area (Å²) in [5.41, 5.74) is 2.87. The van der Waals surface area contributed by atoms with Crippen LogP contribution in [-0.4, -0.2) is 10.4 Å². The highest BCUT2D eigenvalue weighted by molar-refractivity contribution is 5.97. The third-order valence-corrected chi connectivity index (χ3v) is 3.73. The molecule has 0 atom stereocenters. The summed E-state index contributed by atoms with van der Waals surface area (Å²) in [7, 11) is 0. The molecule has 0 saturated carbocycles. The van der Waals surface area contributed by atoms with E-state index in [2.05, 4.69) is 13.0 Å². The largest absolute Gasteiger partial charge is 0.339 e. The maximum absolute atomic E-state index is 12.9. The van der Waals surface area contributed by atoms with Gasteiger partial charge in [0.15, 0.2) is 5.78 Å². The van der Waals surface area contributed by atoms with Crippen molar-refractivity contribution in [3.05, 3.63) is 71.7 Å². The van der Waals surface area contributed by atoms with E-state index >= 15 is 0 Å². The zero-order chi connectivity index (χ0) is 14.8. The van der Waals surface area contributed by atoms with Crippen LogP contribution in [0.15, 0.2) is 54.7 Å². The van der Waals surface area contributed by atoms with Gasteiger partial charge in [0.05, 0.1) is 12.1 Å². The molecule has 21 heavy (non-hydrogen) atoms. The number of hydrogen-bond acceptors (Lipinski definition) is 1. The van der Waals surface area contributed by atoms with Gasteiger partial charge in [0.1, 0.15) is 5.82 Å². The summed E-state index contributed by atoms with van der Waals surface area (Å²) in [5, 5.41) is 1.14. The summed E-state index contributed by atoms with van der Waals surface area (Å²) in [6, 6.07) is 13.9.